The van der Waals surface area contributed by atoms with Gasteiger partial charge in [0.05, 0.1) is 12.6 Å². The van der Waals surface area contributed by atoms with Gasteiger partial charge in [0.25, 0.3) is 5.91 Å². The van der Waals surface area contributed by atoms with E-state index in [2.05, 4.69) is 16.0 Å². The first kappa shape index (κ1) is 20.6. The molecule has 0 saturated carbocycles. The number of nitrogens with one attached hydrogen (secondary N) is 3. The molecular weight excluding hydrogens is 327 g/mol. The number of amides is 3. The van der Waals surface area contributed by atoms with E-state index in [0.717, 1.165) is 6.07 Å². The van der Waals surface area contributed by atoms with Crippen LogP contribution in [0.1, 0.15) is 29.8 Å². The predicted molar refractivity (Wildman–Crippen MR) is 92.3 cm³/mol. The van der Waals surface area contributed by atoms with Crippen LogP contribution in [0.3, 0.4) is 0 Å². The van der Waals surface area contributed by atoms with Gasteiger partial charge < -0.3 is 21.7 Å². The molecule has 8 heteroatoms. The first-order chi connectivity index (χ1) is 11.7. The van der Waals surface area contributed by atoms with E-state index in [-0.39, 0.29) is 42.9 Å². The predicted octanol–water partition coefficient (Wildman–Crippen LogP) is 0.0796. The van der Waals surface area contributed by atoms with Gasteiger partial charge in [0.2, 0.25) is 11.8 Å². The minimum atomic E-state index is -0.665. The Morgan fingerprint density at radius 3 is 2.36 bits per heavy atom. The van der Waals surface area contributed by atoms with E-state index in [1.54, 1.807) is 6.92 Å². The van der Waals surface area contributed by atoms with Gasteiger partial charge >= 0.3 is 0 Å². The maximum atomic E-state index is 13.4. The number of benzene rings is 1. The van der Waals surface area contributed by atoms with Crippen molar-refractivity contribution >= 4 is 17.7 Å². The number of carbonyl (C=O) groups excluding carboxylic acids is 3. The molecule has 1 atom stereocenters. The zero-order chi connectivity index (χ0) is 19.0. The zero-order valence-corrected chi connectivity index (χ0v) is 14.7. The van der Waals surface area contributed by atoms with Crippen molar-refractivity contribution in [1.82, 2.24) is 16.0 Å². The Morgan fingerprint density at radius 1 is 1.12 bits per heavy atom. The van der Waals surface area contributed by atoms with Gasteiger partial charge in [-0.15, -0.1) is 0 Å². The monoisotopic (exact) mass is 352 g/mol. The standard InChI is InChI=1S/C17H25FN4O3/c1-10(2)15(19)17(25)22-9-14(23)20-6-7-21-16(24)12-5-4-11(3)13(18)8-12/h4-5,8,10,15H,6-7,9,19H2,1-3H3,(H,20,23)(H,21,24)(H,22,25)/t15-/m0/s1. The summed E-state index contributed by atoms with van der Waals surface area (Å²) in [5.74, 6) is -1.68. The van der Waals surface area contributed by atoms with Crippen LogP contribution < -0.4 is 21.7 Å². The number of aryl methyl sites for hydroxylation is 1. The summed E-state index contributed by atoms with van der Waals surface area (Å²) in [5.41, 5.74) is 6.33. The van der Waals surface area contributed by atoms with Crippen molar-refractivity contribution in [3.05, 3.63) is 35.1 Å². The molecule has 5 N–H and O–H groups in total. The molecule has 0 aliphatic heterocycles. The van der Waals surface area contributed by atoms with Gasteiger partial charge in [-0.1, -0.05) is 19.9 Å². The minimum absolute atomic E-state index is 0.0233. The lowest BCUT2D eigenvalue weighted by Gasteiger charge is -2.15. The molecular formula is C17H25FN4O3. The summed E-state index contributed by atoms with van der Waals surface area (Å²) in [6.07, 6.45) is 0. The molecule has 1 rings (SSSR count). The van der Waals surface area contributed by atoms with Crippen molar-refractivity contribution in [1.29, 1.82) is 0 Å². The van der Waals surface area contributed by atoms with E-state index < -0.39 is 17.8 Å². The van der Waals surface area contributed by atoms with E-state index in [1.807, 2.05) is 13.8 Å². The zero-order valence-electron chi connectivity index (χ0n) is 14.7. The van der Waals surface area contributed by atoms with Crippen LogP contribution in [-0.4, -0.2) is 43.4 Å². The molecule has 0 saturated heterocycles. The van der Waals surface area contributed by atoms with Gasteiger partial charge in [-0.3, -0.25) is 14.4 Å². The third-order valence-electron chi connectivity index (χ3n) is 3.61. The molecule has 0 radical (unpaired) electrons. The van der Waals surface area contributed by atoms with Gasteiger partial charge in [-0.05, 0) is 30.5 Å². The van der Waals surface area contributed by atoms with Crippen LogP contribution in [0.4, 0.5) is 4.39 Å². The fourth-order valence-electron chi connectivity index (χ4n) is 1.86. The Kier molecular flexibility index (Phi) is 8.00. The molecule has 1 aromatic rings. The Bertz CT molecular complexity index is 634. The van der Waals surface area contributed by atoms with Crippen molar-refractivity contribution < 1.29 is 18.8 Å². The average Bonchev–Trinajstić information content (AvgIpc) is 2.57. The van der Waals surface area contributed by atoms with E-state index in [4.69, 9.17) is 5.73 Å². The summed E-state index contributed by atoms with van der Waals surface area (Å²) in [4.78, 5) is 35.1. The quantitative estimate of drug-likeness (QED) is 0.496. The lowest BCUT2D eigenvalue weighted by atomic mass is 10.1. The largest absolute Gasteiger partial charge is 0.353 e. The number of hydrogen-bond acceptors (Lipinski definition) is 4. The second-order valence-corrected chi connectivity index (χ2v) is 6.06. The molecule has 7 nitrogen and oxygen atoms in total. The van der Waals surface area contributed by atoms with Crippen LogP contribution in [0.5, 0.6) is 0 Å². The van der Waals surface area contributed by atoms with Gasteiger partial charge in [0.1, 0.15) is 5.82 Å². The second-order valence-electron chi connectivity index (χ2n) is 6.06. The summed E-state index contributed by atoms with van der Waals surface area (Å²) in [5, 5.41) is 7.57. The fourth-order valence-corrected chi connectivity index (χ4v) is 1.86. The lowest BCUT2D eigenvalue weighted by molar-refractivity contribution is -0.127. The van der Waals surface area contributed by atoms with Crippen molar-refractivity contribution in [2.24, 2.45) is 11.7 Å². The van der Waals surface area contributed by atoms with Gasteiger partial charge in [0.15, 0.2) is 0 Å². The van der Waals surface area contributed by atoms with Crippen molar-refractivity contribution in [3.8, 4) is 0 Å². The molecule has 0 aromatic heterocycles. The molecule has 3 amide bonds. The third-order valence-corrected chi connectivity index (χ3v) is 3.61. The lowest BCUT2D eigenvalue weighted by Crippen LogP contribution is -2.47. The highest BCUT2D eigenvalue weighted by Gasteiger charge is 2.17. The Balaban J connectivity index is 2.26. The Labute approximate surface area is 146 Å². The Morgan fingerprint density at radius 2 is 1.76 bits per heavy atom. The molecule has 1 aromatic carbocycles. The summed E-state index contributed by atoms with van der Waals surface area (Å²) < 4.78 is 13.4. The number of halogens is 1. The van der Waals surface area contributed by atoms with Gasteiger partial charge in [0, 0.05) is 18.7 Å². The van der Waals surface area contributed by atoms with Gasteiger partial charge in [-0.2, -0.15) is 0 Å². The topological polar surface area (TPSA) is 113 Å². The molecule has 0 bridgehead atoms. The molecule has 0 aliphatic rings. The molecule has 0 aliphatic carbocycles. The molecule has 25 heavy (non-hydrogen) atoms. The van der Waals surface area contributed by atoms with Crippen LogP contribution in [0.2, 0.25) is 0 Å². The second kappa shape index (κ2) is 9.73. The number of carbonyl (C=O) groups is 3. The van der Waals surface area contributed by atoms with E-state index in [9.17, 15) is 18.8 Å². The number of nitrogens with two attached hydrogens (primary N) is 1. The maximum absolute atomic E-state index is 13.4. The van der Waals surface area contributed by atoms with Crippen molar-refractivity contribution in [2.45, 2.75) is 26.8 Å². The molecule has 0 heterocycles. The smallest absolute Gasteiger partial charge is 0.251 e. The first-order valence-electron chi connectivity index (χ1n) is 8.06. The summed E-state index contributed by atoms with van der Waals surface area (Å²) >= 11 is 0. The maximum Gasteiger partial charge on any atom is 0.251 e. The highest BCUT2D eigenvalue weighted by Crippen LogP contribution is 2.08. The van der Waals surface area contributed by atoms with Crippen LogP contribution in [0, 0.1) is 18.7 Å². The third kappa shape index (κ3) is 6.88. The molecule has 138 valence electrons. The number of rotatable bonds is 8. The van der Waals surface area contributed by atoms with Crippen LogP contribution in [0.15, 0.2) is 18.2 Å². The molecule has 0 unspecified atom stereocenters. The highest BCUT2D eigenvalue weighted by atomic mass is 19.1. The number of hydrogen-bond donors (Lipinski definition) is 4. The minimum Gasteiger partial charge on any atom is -0.353 e. The molecule has 0 spiro atoms. The van der Waals surface area contributed by atoms with Crippen LogP contribution in [-0.2, 0) is 9.59 Å². The summed E-state index contributed by atoms with van der Waals surface area (Å²) in [6.45, 7) is 5.42. The highest BCUT2D eigenvalue weighted by molar-refractivity contribution is 5.94. The normalized spacial score (nSPS) is 11.8. The molecule has 0 fully saturated rings. The van der Waals surface area contributed by atoms with Crippen LogP contribution >= 0.6 is 0 Å². The fraction of sp³-hybridized carbons (Fsp3) is 0.471. The Hall–Kier alpha value is -2.48. The van der Waals surface area contributed by atoms with E-state index >= 15 is 0 Å². The SMILES string of the molecule is Cc1ccc(C(=O)NCCNC(=O)CNC(=O)[C@@H](N)C(C)C)cc1F. The van der Waals surface area contributed by atoms with Crippen molar-refractivity contribution in [3.63, 3.8) is 0 Å². The average molecular weight is 352 g/mol. The summed E-state index contributed by atoms with van der Waals surface area (Å²) in [6, 6.07) is 3.55. The first-order valence-corrected chi connectivity index (χ1v) is 8.06. The van der Waals surface area contributed by atoms with E-state index in [1.165, 1.54) is 12.1 Å². The summed E-state index contributed by atoms with van der Waals surface area (Å²) in [7, 11) is 0. The van der Waals surface area contributed by atoms with Crippen LogP contribution in [0.25, 0.3) is 0 Å². The van der Waals surface area contributed by atoms with Crippen molar-refractivity contribution in [2.75, 3.05) is 19.6 Å². The van der Waals surface area contributed by atoms with Gasteiger partial charge in [-0.25, -0.2) is 4.39 Å². The van der Waals surface area contributed by atoms with E-state index in [0.29, 0.717) is 5.56 Å².